The van der Waals surface area contributed by atoms with E-state index in [0.717, 1.165) is 5.39 Å². The third-order valence-electron chi connectivity index (χ3n) is 6.58. The van der Waals surface area contributed by atoms with Crippen LogP contribution in [0.15, 0.2) is 41.3 Å². The van der Waals surface area contributed by atoms with Gasteiger partial charge in [0.25, 0.3) is 0 Å². The van der Waals surface area contributed by atoms with Crippen LogP contribution >= 0.6 is 0 Å². The summed E-state index contributed by atoms with van der Waals surface area (Å²) in [6.07, 6.45) is 1.62. The van der Waals surface area contributed by atoms with E-state index in [4.69, 9.17) is 18.9 Å². The van der Waals surface area contributed by atoms with E-state index in [-0.39, 0.29) is 30.7 Å². The van der Waals surface area contributed by atoms with Crippen LogP contribution in [0.3, 0.4) is 0 Å². The molecule has 2 aromatic carbocycles. The Morgan fingerprint density at radius 1 is 1.07 bits per heavy atom. The molecular weight excluding hydrogens is 404 g/mol. The average Bonchev–Trinajstić information content (AvgIpc) is 3.52. The minimum atomic E-state index is -0.531. The van der Waals surface area contributed by atoms with Gasteiger partial charge in [-0.2, -0.15) is 0 Å². The summed E-state index contributed by atoms with van der Waals surface area (Å²) in [6.45, 7) is -0.187. The maximum Gasteiger partial charge on any atom is 0.344 e. The fourth-order valence-corrected chi connectivity index (χ4v) is 7.70. The second kappa shape index (κ2) is 7.17. The van der Waals surface area contributed by atoms with Crippen molar-refractivity contribution in [2.45, 2.75) is 48.6 Å². The van der Waals surface area contributed by atoms with Gasteiger partial charge in [-0.3, -0.25) is 4.79 Å². The Morgan fingerprint density at radius 2 is 1.87 bits per heavy atom. The van der Waals surface area contributed by atoms with Crippen LogP contribution in [0.2, 0.25) is 0 Å². The molecule has 0 aliphatic carbocycles. The quantitative estimate of drug-likeness (QED) is 0.540. The molecule has 4 heterocycles. The summed E-state index contributed by atoms with van der Waals surface area (Å²) in [4.78, 5) is 25.7. The van der Waals surface area contributed by atoms with E-state index in [9.17, 15) is 9.59 Å². The van der Waals surface area contributed by atoms with Gasteiger partial charge in [0.2, 0.25) is 0 Å². The lowest BCUT2D eigenvalue weighted by Gasteiger charge is -2.22. The van der Waals surface area contributed by atoms with Gasteiger partial charge in [-0.1, -0.05) is 18.2 Å². The van der Waals surface area contributed by atoms with Crippen LogP contribution in [0.1, 0.15) is 19.3 Å². The van der Waals surface area contributed by atoms with Crippen molar-refractivity contribution in [3.05, 3.63) is 36.4 Å². The Labute approximate surface area is 177 Å². The smallest absolute Gasteiger partial charge is 0.344 e. The minimum absolute atomic E-state index is 0.187. The first kappa shape index (κ1) is 18.5. The first-order valence-electron chi connectivity index (χ1n) is 10.6. The number of esters is 2. The molecular formula is C23H23O6S+. The summed E-state index contributed by atoms with van der Waals surface area (Å²) >= 11 is 0. The molecule has 4 aliphatic rings. The van der Waals surface area contributed by atoms with Crippen molar-refractivity contribution in [3.8, 4) is 5.75 Å². The fourth-order valence-electron chi connectivity index (χ4n) is 5.20. The summed E-state index contributed by atoms with van der Waals surface area (Å²) in [7, 11) is 0.303. The van der Waals surface area contributed by atoms with Gasteiger partial charge in [-0.15, -0.1) is 0 Å². The van der Waals surface area contributed by atoms with Crippen LogP contribution in [0.4, 0.5) is 0 Å². The molecule has 0 amide bonds. The normalized spacial score (nSPS) is 32.0. The first-order valence-corrected chi connectivity index (χ1v) is 12.1. The predicted octanol–water partition coefficient (Wildman–Crippen LogP) is 2.61. The zero-order valence-electron chi connectivity index (χ0n) is 16.5. The second-order valence-corrected chi connectivity index (χ2v) is 10.6. The van der Waals surface area contributed by atoms with E-state index in [0.29, 0.717) is 23.1 Å². The van der Waals surface area contributed by atoms with Gasteiger partial charge in [0.05, 0.1) is 12.0 Å². The fraction of sp³-hybridized carbons (Fsp3) is 0.478. The Bertz CT molecular complexity index is 1020. The first-order chi connectivity index (χ1) is 14.7. The van der Waals surface area contributed by atoms with Crippen LogP contribution in [0.5, 0.6) is 5.75 Å². The summed E-state index contributed by atoms with van der Waals surface area (Å²) in [5, 5.41) is 2.23. The lowest BCUT2D eigenvalue weighted by atomic mass is 9.88. The molecule has 2 bridgehead atoms. The summed E-state index contributed by atoms with van der Waals surface area (Å²) in [5.74, 6) is 2.30. The molecule has 0 aromatic heterocycles. The van der Waals surface area contributed by atoms with Crippen LogP contribution in [0.25, 0.3) is 10.8 Å². The van der Waals surface area contributed by atoms with Crippen molar-refractivity contribution in [1.82, 2.24) is 0 Å². The molecule has 156 valence electrons. The number of benzene rings is 2. The van der Waals surface area contributed by atoms with Gasteiger partial charge >= 0.3 is 11.9 Å². The van der Waals surface area contributed by atoms with Gasteiger partial charge in [0.1, 0.15) is 23.4 Å². The van der Waals surface area contributed by atoms with Crippen LogP contribution in [0, 0.1) is 5.92 Å². The van der Waals surface area contributed by atoms with Crippen molar-refractivity contribution < 1.29 is 28.5 Å². The number of hydrogen-bond acceptors (Lipinski definition) is 6. The van der Waals surface area contributed by atoms with Crippen LogP contribution < -0.4 is 4.74 Å². The SMILES string of the molecule is O=C(COc1ccc([S+]2CCCC2)c2ccccc12)OC1C2CC3C(=O)OC1C3O2. The monoisotopic (exact) mass is 427 g/mol. The molecule has 5 atom stereocenters. The third-order valence-corrected chi connectivity index (χ3v) is 9.12. The maximum atomic E-state index is 12.5. The third kappa shape index (κ3) is 2.90. The van der Waals surface area contributed by atoms with E-state index in [1.165, 1.54) is 34.6 Å². The number of ether oxygens (including phenoxy) is 4. The maximum absolute atomic E-state index is 12.5. The molecule has 0 spiro atoms. The summed E-state index contributed by atoms with van der Waals surface area (Å²) in [5.41, 5.74) is 0. The summed E-state index contributed by atoms with van der Waals surface area (Å²) < 4.78 is 22.6. The van der Waals surface area contributed by atoms with Gasteiger partial charge in [-0.25, -0.2) is 4.79 Å². The van der Waals surface area contributed by atoms with E-state index < -0.39 is 18.2 Å². The average molecular weight is 427 g/mol. The zero-order valence-corrected chi connectivity index (χ0v) is 17.3. The van der Waals surface area contributed by atoms with Crippen molar-refractivity contribution in [2.24, 2.45) is 5.92 Å². The Hall–Kier alpha value is -2.25. The molecule has 0 radical (unpaired) electrons. The van der Waals surface area contributed by atoms with Crippen molar-refractivity contribution in [1.29, 1.82) is 0 Å². The molecule has 4 saturated heterocycles. The molecule has 4 fully saturated rings. The Kier molecular flexibility index (Phi) is 4.42. The zero-order chi connectivity index (χ0) is 20.2. The molecule has 0 saturated carbocycles. The number of carbonyl (C=O) groups is 2. The molecule has 5 unspecified atom stereocenters. The van der Waals surface area contributed by atoms with Gasteiger partial charge in [0.15, 0.2) is 23.7 Å². The minimum Gasteiger partial charge on any atom is -0.481 e. The van der Waals surface area contributed by atoms with Crippen LogP contribution in [-0.4, -0.2) is 54.5 Å². The number of fused-ring (bicyclic) bond motifs is 2. The van der Waals surface area contributed by atoms with E-state index >= 15 is 0 Å². The molecule has 2 aromatic rings. The molecule has 7 heteroatoms. The highest BCUT2D eigenvalue weighted by atomic mass is 32.2. The van der Waals surface area contributed by atoms with Gasteiger partial charge in [0, 0.05) is 21.7 Å². The van der Waals surface area contributed by atoms with Crippen LogP contribution in [-0.2, 0) is 34.7 Å². The number of rotatable bonds is 5. The van der Waals surface area contributed by atoms with Crippen molar-refractivity contribution >= 4 is 33.6 Å². The highest BCUT2D eigenvalue weighted by Crippen LogP contribution is 2.47. The van der Waals surface area contributed by atoms with E-state index in [1.54, 1.807) is 0 Å². The molecule has 6 rings (SSSR count). The topological polar surface area (TPSA) is 71.1 Å². The Balaban J connectivity index is 1.16. The molecule has 30 heavy (non-hydrogen) atoms. The molecule has 4 aliphatic heterocycles. The van der Waals surface area contributed by atoms with E-state index in [2.05, 4.69) is 18.2 Å². The number of carbonyl (C=O) groups excluding carboxylic acids is 2. The number of hydrogen-bond donors (Lipinski definition) is 0. The molecule has 6 nitrogen and oxygen atoms in total. The largest absolute Gasteiger partial charge is 0.481 e. The Morgan fingerprint density at radius 3 is 2.70 bits per heavy atom. The van der Waals surface area contributed by atoms with E-state index in [1.807, 2.05) is 18.2 Å². The summed E-state index contributed by atoms with van der Waals surface area (Å²) in [6, 6.07) is 12.3. The lowest BCUT2D eigenvalue weighted by Crippen LogP contribution is -2.40. The van der Waals surface area contributed by atoms with Crippen molar-refractivity contribution in [2.75, 3.05) is 18.1 Å². The lowest BCUT2D eigenvalue weighted by molar-refractivity contribution is -0.162. The van der Waals surface area contributed by atoms with Crippen molar-refractivity contribution in [3.63, 3.8) is 0 Å². The standard InChI is InChI=1S/C23H23O6S/c24-19(28-21-17-11-15-20(27-17)22(21)29-23(15)25)12-26-16-7-8-18(30-9-3-4-10-30)14-6-2-1-5-13(14)16/h1-2,5-8,15,17,20-22H,3-4,9-12H2/q+1. The van der Waals surface area contributed by atoms with Gasteiger partial charge < -0.3 is 18.9 Å². The van der Waals surface area contributed by atoms with Gasteiger partial charge in [-0.05, 0) is 37.5 Å². The predicted molar refractivity (Wildman–Crippen MR) is 111 cm³/mol. The molecule has 0 N–H and O–H groups in total. The highest BCUT2D eigenvalue weighted by Gasteiger charge is 2.65. The second-order valence-electron chi connectivity index (χ2n) is 8.34. The highest BCUT2D eigenvalue weighted by molar-refractivity contribution is 7.97.